The van der Waals surface area contributed by atoms with E-state index in [4.69, 9.17) is 14.6 Å². The lowest BCUT2D eigenvalue weighted by molar-refractivity contribution is -0.192. The summed E-state index contributed by atoms with van der Waals surface area (Å²) in [4.78, 5) is 30.7. The van der Waals surface area contributed by atoms with Gasteiger partial charge in [-0.3, -0.25) is 4.79 Å². The summed E-state index contributed by atoms with van der Waals surface area (Å²) in [5.41, 5.74) is 0.268. The van der Waals surface area contributed by atoms with Gasteiger partial charge in [-0.05, 0) is 6.92 Å². The van der Waals surface area contributed by atoms with Crippen molar-refractivity contribution in [1.82, 2.24) is 15.0 Å². The van der Waals surface area contributed by atoms with E-state index in [1.165, 1.54) is 19.2 Å². The van der Waals surface area contributed by atoms with E-state index in [1.807, 2.05) is 0 Å². The molecule has 0 radical (unpaired) electrons. The molecular weight excluding hydrogens is 452 g/mol. The van der Waals surface area contributed by atoms with Gasteiger partial charge in [0, 0.05) is 26.0 Å². The van der Waals surface area contributed by atoms with Crippen LogP contribution in [-0.4, -0.2) is 44.7 Å². The number of nitrogens with zero attached hydrogens (tertiary/aromatic N) is 3. The molecule has 2 rings (SSSR count). The number of nitrogens with one attached hydrogen (secondary N) is 2. The van der Waals surface area contributed by atoms with Crippen molar-refractivity contribution < 1.29 is 45.8 Å². The van der Waals surface area contributed by atoms with Gasteiger partial charge >= 0.3 is 18.1 Å². The quantitative estimate of drug-likeness (QED) is 0.430. The molecule has 15 heteroatoms. The topological polar surface area (TPSA) is 126 Å². The second-order valence-corrected chi connectivity index (χ2v) is 5.90. The molecule has 2 aromatic heterocycles. The van der Waals surface area contributed by atoms with Crippen LogP contribution in [0, 0.1) is 5.95 Å². The molecule has 0 aliphatic heterocycles. The third-order valence-corrected chi connectivity index (χ3v) is 3.06. The van der Waals surface area contributed by atoms with Crippen LogP contribution >= 0.6 is 0 Å². The number of rotatable bonds is 6. The molecule has 0 aliphatic rings. The fraction of sp³-hybridized carbons (Fsp3) is 0.353. The Labute approximate surface area is 176 Å². The molecule has 2 heterocycles. The minimum atomic E-state index is -5.08. The van der Waals surface area contributed by atoms with Crippen molar-refractivity contribution in [2.75, 3.05) is 17.2 Å². The number of hydrogen-bond donors (Lipinski definition) is 3. The van der Waals surface area contributed by atoms with E-state index < -0.39 is 29.8 Å². The van der Waals surface area contributed by atoms with Gasteiger partial charge in [-0.2, -0.15) is 31.3 Å². The minimum Gasteiger partial charge on any atom is -0.490 e. The summed E-state index contributed by atoms with van der Waals surface area (Å²) in [6.45, 7) is 3.93. The van der Waals surface area contributed by atoms with Crippen LogP contribution in [0.5, 0.6) is 5.75 Å². The molecule has 0 aromatic carbocycles. The highest BCUT2D eigenvalue weighted by Gasteiger charge is 2.38. The molecule has 0 saturated carbocycles. The third kappa shape index (κ3) is 8.61. The van der Waals surface area contributed by atoms with Gasteiger partial charge in [-0.25, -0.2) is 14.8 Å². The number of carbonyl (C=O) groups excluding carboxylic acids is 1. The predicted octanol–water partition coefficient (Wildman–Crippen LogP) is 3.86. The van der Waals surface area contributed by atoms with E-state index in [-0.39, 0.29) is 29.0 Å². The number of anilines is 3. The summed E-state index contributed by atoms with van der Waals surface area (Å²) in [5, 5.41) is 12.3. The van der Waals surface area contributed by atoms with Gasteiger partial charge in [0.25, 0.3) is 0 Å². The van der Waals surface area contributed by atoms with E-state index in [2.05, 4.69) is 25.6 Å². The number of amides is 1. The molecule has 9 nitrogen and oxygen atoms in total. The molecule has 0 unspecified atom stereocenters. The maximum atomic E-state index is 13.5. The van der Waals surface area contributed by atoms with Crippen molar-refractivity contribution in [2.45, 2.75) is 32.9 Å². The molecule has 0 bridgehead atoms. The summed E-state index contributed by atoms with van der Waals surface area (Å²) in [6.07, 6.45) is -3.75. The number of hydrogen-bond acceptors (Lipinski definition) is 7. The normalized spacial score (nSPS) is 11.2. The highest BCUT2D eigenvalue weighted by molar-refractivity contribution is 5.88. The van der Waals surface area contributed by atoms with E-state index in [9.17, 15) is 31.1 Å². The summed E-state index contributed by atoms with van der Waals surface area (Å²) < 4.78 is 77.4. The monoisotopic (exact) mass is 469 g/mol. The lowest BCUT2D eigenvalue weighted by Gasteiger charge is -2.15. The van der Waals surface area contributed by atoms with E-state index in [0.717, 1.165) is 6.07 Å². The molecule has 2 aromatic rings. The van der Waals surface area contributed by atoms with Crippen molar-refractivity contribution in [1.29, 1.82) is 0 Å². The second-order valence-electron chi connectivity index (χ2n) is 5.90. The average Bonchev–Trinajstić information content (AvgIpc) is 2.62. The van der Waals surface area contributed by atoms with E-state index in [0.29, 0.717) is 13.5 Å². The molecule has 0 atom stereocenters. The van der Waals surface area contributed by atoms with Crippen molar-refractivity contribution in [3.05, 3.63) is 30.1 Å². The summed E-state index contributed by atoms with van der Waals surface area (Å²) >= 11 is 0. The Balaban J connectivity index is 0.000000633. The predicted molar refractivity (Wildman–Crippen MR) is 98.2 cm³/mol. The molecule has 0 fully saturated rings. The van der Waals surface area contributed by atoms with Gasteiger partial charge in [0.2, 0.25) is 17.7 Å². The molecule has 1 amide bonds. The third-order valence-electron chi connectivity index (χ3n) is 3.06. The zero-order valence-electron chi connectivity index (χ0n) is 16.7. The number of ether oxygens (including phenoxy) is 1. The maximum Gasteiger partial charge on any atom is 0.490 e. The number of alkyl halides is 5. The smallest absolute Gasteiger partial charge is 0.490 e. The van der Waals surface area contributed by atoms with Crippen LogP contribution in [0.15, 0.2) is 18.3 Å². The lowest BCUT2D eigenvalue weighted by Crippen LogP contribution is -2.21. The van der Waals surface area contributed by atoms with E-state index >= 15 is 0 Å². The first-order valence-electron chi connectivity index (χ1n) is 8.54. The Morgan fingerprint density at radius 1 is 1.12 bits per heavy atom. The number of carbonyl (C=O) groups is 2. The first-order chi connectivity index (χ1) is 14.6. The molecule has 3 N–H and O–H groups in total. The Bertz CT molecular complexity index is 965. The van der Waals surface area contributed by atoms with Crippen LogP contribution in [0.3, 0.4) is 0 Å². The number of carboxylic acids is 1. The van der Waals surface area contributed by atoms with E-state index in [1.54, 1.807) is 6.92 Å². The zero-order chi connectivity index (χ0) is 24.7. The maximum absolute atomic E-state index is 13.5. The number of aromatic nitrogens is 3. The zero-order valence-corrected chi connectivity index (χ0v) is 16.7. The Morgan fingerprint density at radius 2 is 1.72 bits per heavy atom. The number of pyridine rings is 1. The highest BCUT2D eigenvalue weighted by Crippen LogP contribution is 2.30. The average molecular weight is 469 g/mol. The fourth-order valence-electron chi connectivity index (χ4n) is 1.88. The van der Waals surface area contributed by atoms with Crippen LogP contribution in [0.2, 0.25) is 0 Å². The molecule has 176 valence electrons. The number of carboxylic acid groups (broad SMARTS) is 1. The Hall–Kier alpha value is -3.65. The Morgan fingerprint density at radius 3 is 2.19 bits per heavy atom. The van der Waals surface area contributed by atoms with Crippen LogP contribution < -0.4 is 15.4 Å². The molecule has 0 spiro atoms. The lowest BCUT2D eigenvalue weighted by atomic mass is 10.3. The summed E-state index contributed by atoms with van der Waals surface area (Å²) in [7, 11) is 0. The van der Waals surface area contributed by atoms with Crippen molar-refractivity contribution >= 4 is 29.2 Å². The molecular formula is C17H17F6N5O4. The largest absolute Gasteiger partial charge is 0.490 e. The van der Waals surface area contributed by atoms with Crippen LogP contribution in [0.25, 0.3) is 0 Å². The SMILES string of the molecule is CCOc1cnc(NC(C)=O)cc1Nc1cc(F)nc(C(C)(F)F)n1.O=C(O)C(F)(F)F. The van der Waals surface area contributed by atoms with Gasteiger partial charge < -0.3 is 20.5 Å². The fourth-order valence-corrected chi connectivity index (χ4v) is 1.88. The molecule has 0 saturated heterocycles. The van der Waals surface area contributed by atoms with Gasteiger partial charge in [0.05, 0.1) is 18.5 Å². The Kier molecular flexibility index (Phi) is 8.73. The first-order valence-corrected chi connectivity index (χ1v) is 8.54. The highest BCUT2D eigenvalue weighted by atomic mass is 19.4. The first kappa shape index (κ1) is 26.4. The molecule has 0 aliphatic carbocycles. The summed E-state index contributed by atoms with van der Waals surface area (Å²) in [6, 6.07) is 2.28. The minimum absolute atomic E-state index is 0.190. The van der Waals surface area contributed by atoms with Crippen molar-refractivity contribution in [2.24, 2.45) is 0 Å². The van der Waals surface area contributed by atoms with Gasteiger partial charge in [-0.15, -0.1) is 0 Å². The molecule has 32 heavy (non-hydrogen) atoms. The van der Waals surface area contributed by atoms with Crippen molar-refractivity contribution in [3.63, 3.8) is 0 Å². The summed E-state index contributed by atoms with van der Waals surface area (Å²) in [5.74, 6) is -8.27. The van der Waals surface area contributed by atoms with Crippen molar-refractivity contribution in [3.8, 4) is 5.75 Å². The standard InChI is InChI=1S/C15H16F3N5O2.C2HF3O2/c1-4-25-10-7-19-12(20-8(2)24)5-9(10)21-13-6-11(16)22-14(23-13)15(3,17)18;3-2(4,5)1(6)7/h5-7H,4H2,1-3H3,(H2,19,20,21,22,23,24);(H,6,7). The van der Waals surface area contributed by atoms with Crippen LogP contribution in [-0.2, 0) is 15.5 Å². The second kappa shape index (κ2) is 10.6. The van der Waals surface area contributed by atoms with Crippen LogP contribution in [0.4, 0.5) is 43.7 Å². The number of halogens is 6. The van der Waals surface area contributed by atoms with Gasteiger partial charge in [0.15, 0.2) is 5.75 Å². The van der Waals surface area contributed by atoms with Gasteiger partial charge in [-0.1, -0.05) is 0 Å². The number of aliphatic carboxylic acids is 1. The van der Waals surface area contributed by atoms with Crippen LogP contribution in [0.1, 0.15) is 26.6 Å². The van der Waals surface area contributed by atoms with Gasteiger partial charge in [0.1, 0.15) is 11.6 Å².